The zero-order valence-electron chi connectivity index (χ0n) is 10.5. The predicted octanol–water partition coefficient (Wildman–Crippen LogP) is 0.428. The lowest BCUT2D eigenvalue weighted by Gasteiger charge is -2.18. The van der Waals surface area contributed by atoms with E-state index in [1.165, 1.54) is 24.0 Å². The molecule has 6 heteroatoms. The van der Waals surface area contributed by atoms with Gasteiger partial charge in [0.25, 0.3) is 0 Å². The lowest BCUT2D eigenvalue weighted by Crippen LogP contribution is -2.45. The number of rotatable bonds is 3. The Labute approximate surface area is 110 Å². The van der Waals surface area contributed by atoms with E-state index < -0.39 is 23.9 Å². The Kier molecular flexibility index (Phi) is 3.80. The average molecular weight is 266 g/mol. The van der Waals surface area contributed by atoms with Crippen LogP contribution in [0.15, 0.2) is 24.3 Å². The van der Waals surface area contributed by atoms with Crippen molar-refractivity contribution in [2.45, 2.75) is 25.5 Å². The first-order valence-electron chi connectivity index (χ1n) is 6.05. The van der Waals surface area contributed by atoms with E-state index in [2.05, 4.69) is 5.32 Å². The molecule has 1 aromatic rings. The molecule has 2 N–H and O–H groups in total. The van der Waals surface area contributed by atoms with Crippen molar-refractivity contribution in [2.24, 2.45) is 0 Å². The van der Waals surface area contributed by atoms with Crippen LogP contribution in [0.3, 0.4) is 0 Å². The number of nitrogens with zero attached hydrogens (tertiary/aromatic N) is 1. The van der Waals surface area contributed by atoms with Crippen LogP contribution in [0.2, 0.25) is 0 Å². The third-order valence-electron chi connectivity index (χ3n) is 3.04. The van der Waals surface area contributed by atoms with Gasteiger partial charge in [-0.3, -0.25) is 9.59 Å². The second kappa shape index (κ2) is 5.36. The van der Waals surface area contributed by atoms with Crippen LogP contribution in [0, 0.1) is 5.82 Å². The molecule has 2 rings (SSSR count). The largest absolute Gasteiger partial charge is 0.384 e. The standard InChI is InChI=1S/C13H15FN2O3/c1-8(17)12(18)15-10-6-7-16(13(10)19)11-5-3-2-4-9(11)14/h2-5,8,10,17H,6-7H2,1H3,(H,15,18). The van der Waals surface area contributed by atoms with Crippen molar-refractivity contribution in [2.75, 3.05) is 11.4 Å². The van der Waals surface area contributed by atoms with Crippen molar-refractivity contribution in [1.82, 2.24) is 5.32 Å². The summed E-state index contributed by atoms with van der Waals surface area (Å²) >= 11 is 0. The van der Waals surface area contributed by atoms with Crippen LogP contribution in [-0.4, -0.2) is 35.6 Å². The molecule has 0 aromatic heterocycles. The van der Waals surface area contributed by atoms with E-state index in [9.17, 15) is 14.0 Å². The van der Waals surface area contributed by atoms with Crippen molar-refractivity contribution in [1.29, 1.82) is 0 Å². The molecule has 1 aromatic carbocycles. The molecule has 0 bridgehead atoms. The van der Waals surface area contributed by atoms with Crippen LogP contribution in [0.25, 0.3) is 0 Å². The number of para-hydroxylation sites is 1. The van der Waals surface area contributed by atoms with Crippen molar-refractivity contribution in [3.05, 3.63) is 30.1 Å². The molecule has 102 valence electrons. The molecule has 0 aliphatic carbocycles. The van der Waals surface area contributed by atoms with Gasteiger partial charge in [0.05, 0.1) is 5.69 Å². The summed E-state index contributed by atoms with van der Waals surface area (Å²) in [4.78, 5) is 24.7. The Hall–Kier alpha value is -1.95. The molecule has 2 amide bonds. The second-order valence-corrected chi connectivity index (χ2v) is 4.47. The highest BCUT2D eigenvalue weighted by molar-refractivity contribution is 6.01. The highest BCUT2D eigenvalue weighted by Crippen LogP contribution is 2.24. The maximum atomic E-state index is 13.6. The summed E-state index contributed by atoms with van der Waals surface area (Å²) in [6, 6.07) is 5.29. The molecule has 0 radical (unpaired) electrons. The summed E-state index contributed by atoms with van der Waals surface area (Å²) in [7, 11) is 0. The molecule has 0 spiro atoms. The fourth-order valence-electron chi connectivity index (χ4n) is 2.02. The summed E-state index contributed by atoms with van der Waals surface area (Å²) in [5, 5.41) is 11.5. The topological polar surface area (TPSA) is 69.6 Å². The van der Waals surface area contributed by atoms with E-state index in [1.54, 1.807) is 12.1 Å². The van der Waals surface area contributed by atoms with Crippen LogP contribution < -0.4 is 10.2 Å². The van der Waals surface area contributed by atoms with Gasteiger partial charge >= 0.3 is 0 Å². The van der Waals surface area contributed by atoms with Crippen molar-refractivity contribution in [3.63, 3.8) is 0 Å². The lowest BCUT2D eigenvalue weighted by molar-refractivity contribution is -0.131. The van der Waals surface area contributed by atoms with E-state index in [-0.39, 0.29) is 11.6 Å². The second-order valence-electron chi connectivity index (χ2n) is 4.47. The van der Waals surface area contributed by atoms with Crippen LogP contribution in [0.4, 0.5) is 10.1 Å². The van der Waals surface area contributed by atoms with Crippen molar-refractivity contribution in [3.8, 4) is 0 Å². The molecular weight excluding hydrogens is 251 g/mol. The van der Waals surface area contributed by atoms with Crippen LogP contribution in [0.5, 0.6) is 0 Å². The molecule has 1 saturated heterocycles. The molecule has 1 fully saturated rings. The number of carbonyl (C=O) groups excluding carboxylic acids is 2. The molecule has 5 nitrogen and oxygen atoms in total. The number of hydrogen-bond donors (Lipinski definition) is 2. The lowest BCUT2D eigenvalue weighted by atomic mass is 10.2. The quantitative estimate of drug-likeness (QED) is 0.833. The Morgan fingerprint density at radius 2 is 2.21 bits per heavy atom. The van der Waals surface area contributed by atoms with Crippen LogP contribution in [-0.2, 0) is 9.59 Å². The first-order chi connectivity index (χ1) is 9.00. The minimum Gasteiger partial charge on any atom is -0.384 e. The first kappa shape index (κ1) is 13.5. The van der Waals surface area contributed by atoms with Gasteiger partial charge in [-0.05, 0) is 25.5 Å². The van der Waals surface area contributed by atoms with Gasteiger partial charge in [-0.1, -0.05) is 12.1 Å². The van der Waals surface area contributed by atoms with Gasteiger partial charge in [0.1, 0.15) is 18.0 Å². The van der Waals surface area contributed by atoms with Crippen molar-refractivity contribution >= 4 is 17.5 Å². The Morgan fingerprint density at radius 3 is 2.84 bits per heavy atom. The van der Waals surface area contributed by atoms with Gasteiger partial charge < -0.3 is 15.3 Å². The fraction of sp³-hybridized carbons (Fsp3) is 0.385. The summed E-state index contributed by atoms with van der Waals surface area (Å²) < 4.78 is 13.6. The molecule has 19 heavy (non-hydrogen) atoms. The number of halogens is 1. The molecule has 1 aliphatic rings. The van der Waals surface area contributed by atoms with Gasteiger partial charge in [-0.2, -0.15) is 0 Å². The average Bonchev–Trinajstić information content (AvgIpc) is 2.72. The third kappa shape index (κ3) is 2.73. The van der Waals surface area contributed by atoms with Gasteiger partial charge in [0.15, 0.2) is 0 Å². The maximum Gasteiger partial charge on any atom is 0.249 e. The third-order valence-corrected chi connectivity index (χ3v) is 3.04. The van der Waals surface area contributed by atoms with Crippen LogP contribution >= 0.6 is 0 Å². The summed E-state index contributed by atoms with van der Waals surface area (Å²) in [5.74, 6) is -1.44. The molecule has 1 heterocycles. The SMILES string of the molecule is CC(O)C(=O)NC1CCN(c2ccccc2F)C1=O. The Balaban J connectivity index is 2.10. The highest BCUT2D eigenvalue weighted by Gasteiger charge is 2.35. The minimum absolute atomic E-state index is 0.210. The monoisotopic (exact) mass is 266 g/mol. The Bertz CT molecular complexity index is 504. The first-order valence-corrected chi connectivity index (χ1v) is 6.05. The molecule has 2 unspecified atom stereocenters. The summed E-state index contributed by atoms with van der Waals surface area (Å²) in [6.45, 7) is 1.66. The van der Waals surface area contributed by atoms with E-state index in [1.807, 2.05) is 0 Å². The number of amides is 2. The fourth-order valence-corrected chi connectivity index (χ4v) is 2.02. The number of nitrogens with one attached hydrogen (secondary N) is 1. The summed E-state index contributed by atoms with van der Waals surface area (Å²) in [5.41, 5.74) is 0.210. The highest BCUT2D eigenvalue weighted by atomic mass is 19.1. The van der Waals surface area contributed by atoms with E-state index in [0.717, 1.165) is 0 Å². The molecule has 2 atom stereocenters. The van der Waals surface area contributed by atoms with Gasteiger partial charge in [0, 0.05) is 6.54 Å². The number of aliphatic hydroxyl groups is 1. The van der Waals surface area contributed by atoms with E-state index in [0.29, 0.717) is 13.0 Å². The van der Waals surface area contributed by atoms with E-state index in [4.69, 9.17) is 5.11 Å². The zero-order chi connectivity index (χ0) is 14.0. The number of carbonyl (C=O) groups is 2. The minimum atomic E-state index is -1.17. The molecular formula is C13H15FN2O3. The molecule has 1 aliphatic heterocycles. The van der Waals surface area contributed by atoms with Crippen LogP contribution in [0.1, 0.15) is 13.3 Å². The predicted molar refractivity (Wildman–Crippen MR) is 67.0 cm³/mol. The normalized spacial score (nSPS) is 20.5. The maximum absolute atomic E-state index is 13.6. The van der Waals surface area contributed by atoms with Gasteiger partial charge in [0.2, 0.25) is 11.8 Å². The molecule has 0 saturated carbocycles. The smallest absolute Gasteiger partial charge is 0.249 e. The summed E-state index contributed by atoms with van der Waals surface area (Å²) in [6.07, 6.45) is -0.777. The zero-order valence-corrected chi connectivity index (χ0v) is 10.5. The number of anilines is 1. The number of aliphatic hydroxyl groups excluding tert-OH is 1. The van der Waals surface area contributed by atoms with Gasteiger partial charge in [-0.25, -0.2) is 4.39 Å². The van der Waals surface area contributed by atoms with Gasteiger partial charge in [-0.15, -0.1) is 0 Å². The number of benzene rings is 1. The Morgan fingerprint density at radius 1 is 1.53 bits per heavy atom. The number of hydrogen-bond acceptors (Lipinski definition) is 3. The van der Waals surface area contributed by atoms with E-state index >= 15 is 0 Å². The van der Waals surface area contributed by atoms with Crippen molar-refractivity contribution < 1.29 is 19.1 Å².